The lowest BCUT2D eigenvalue weighted by Crippen LogP contribution is -2.47. The molecule has 4 rings (SSSR count). The molecule has 6 heteroatoms. The molecule has 1 fully saturated rings. The predicted molar refractivity (Wildman–Crippen MR) is 106 cm³/mol. The van der Waals surface area contributed by atoms with Crippen LogP contribution in [0.5, 0.6) is 11.5 Å². The summed E-state index contributed by atoms with van der Waals surface area (Å²) in [4.78, 5) is 28.0. The molecule has 6 nitrogen and oxygen atoms in total. The summed E-state index contributed by atoms with van der Waals surface area (Å²) in [7, 11) is 0. The van der Waals surface area contributed by atoms with Crippen LogP contribution in [-0.4, -0.2) is 35.6 Å². The van der Waals surface area contributed by atoms with Gasteiger partial charge in [-0.05, 0) is 63.4 Å². The van der Waals surface area contributed by atoms with Gasteiger partial charge in [0.1, 0.15) is 0 Å². The van der Waals surface area contributed by atoms with E-state index in [1.54, 1.807) is 30.3 Å². The first kappa shape index (κ1) is 18.3. The minimum atomic E-state index is -0.293. The van der Waals surface area contributed by atoms with E-state index in [0.29, 0.717) is 28.3 Å². The molecule has 0 bridgehead atoms. The van der Waals surface area contributed by atoms with Gasteiger partial charge < -0.3 is 19.7 Å². The summed E-state index contributed by atoms with van der Waals surface area (Å²) in [5.41, 5.74) is 1.48. The quantitative estimate of drug-likeness (QED) is 0.872. The van der Waals surface area contributed by atoms with E-state index in [2.05, 4.69) is 19.2 Å². The molecule has 0 aromatic heterocycles. The molecular formula is C22H24N2O4. The van der Waals surface area contributed by atoms with Crippen molar-refractivity contribution in [1.82, 2.24) is 4.90 Å². The maximum absolute atomic E-state index is 13.3. The fourth-order valence-electron chi connectivity index (χ4n) is 3.97. The van der Waals surface area contributed by atoms with Gasteiger partial charge in [0.25, 0.3) is 11.8 Å². The van der Waals surface area contributed by atoms with E-state index < -0.39 is 0 Å². The van der Waals surface area contributed by atoms with Crippen molar-refractivity contribution in [3.63, 3.8) is 0 Å². The summed E-state index contributed by atoms with van der Waals surface area (Å²) in [5, 5.41) is 2.88. The summed E-state index contributed by atoms with van der Waals surface area (Å²) in [6.07, 6.45) is 3.14. The molecule has 0 radical (unpaired) electrons. The lowest BCUT2D eigenvalue weighted by Gasteiger charge is -2.39. The molecule has 2 aliphatic rings. The van der Waals surface area contributed by atoms with Gasteiger partial charge in [-0.15, -0.1) is 0 Å². The molecule has 0 spiro atoms. The van der Waals surface area contributed by atoms with Crippen LogP contribution in [0, 0.1) is 0 Å². The SMILES string of the molecule is C[C@@H]1CCC[C@@H](C)N1C(=O)c1ccccc1NC(=O)c1ccc2c(c1)OCO2. The molecule has 2 heterocycles. The molecule has 2 aromatic rings. The highest BCUT2D eigenvalue weighted by atomic mass is 16.7. The Labute approximate surface area is 164 Å². The van der Waals surface area contributed by atoms with Gasteiger partial charge in [0.05, 0.1) is 11.3 Å². The third-order valence-electron chi connectivity index (χ3n) is 5.47. The van der Waals surface area contributed by atoms with Crippen molar-refractivity contribution in [3.05, 3.63) is 53.6 Å². The van der Waals surface area contributed by atoms with Gasteiger partial charge in [-0.3, -0.25) is 9.59 Å². The number of fused-ring (bicyclic) bond motifs is 1. The minimum absolute atomic E-state index is 0.0405. The number of nitrogens with zero attached hydrogens (tertiary/aromatic N) is 1. The summed E-state index contributed by atoms with van der Waals surface area (Å²) in [5.74, 6) is 0.841. The number of para-hydroxylation sites is 1. The second kappa shape index (κ2) is 7.54. The first-order chi connectivity index (χ1) is 13.5. The van der Waals surface area contributed by atoms with E-state index in [9.17, 15) is 9.59 Å². The zero-order valence-electron chi connectivity index (χ0n) is 16.1. The summed E-state index contributed by atoms with van der Waals surface area (Å²) in [6, 6.07) is 12.6. The standard InChI is InChI=1S/C22H24N2O4/c1-14-6-5-7-15(2)24(14)22(26)17-8-3-4-9-18(17)23-21(25)16-10-11-19-20(12-16)28-13-27-19/h3-4,8-12,14-15H,5-7,13H2,1-2H3,(H,23,25)/t14-,15-/m1/s1. The van der Waals surface area contributed by atoms with Crippen molar-refractivity contribution in [1.29, 1.82) is 0 Å². The Morgan fingerprint density at radius 3 is 2.50 bits per heavy atom. The zero-order valence-corrected chi connectivity index (χ0v) is 16.1. The first-order valence-electron chi connectivity index (χ1n) is 9.67. The highest BCUT2D eigenvalue weighted by Crippen LogP contribution is 2.33. The molecule has 2 aliphatic heterocycles. The highest BCUT2D eigenvalue weighted by molar-refractivity contribution is 6.09. The number of anilines is 1. The number of hydrogen-bond acceptors (Lipinski definition) is 4. The van der Waals surface area contributed by atoms with Crippen LogP contribution in [0.4, 0.5) is 5.69 Å². The third kappa shape index (κ3) is 3.42. The Bertz CT molecular complexity index is 901. The van der Waals surface area contributed by atoms with Gasteiger partial charge in [-0.25, -0.2) is 0 Å². The van der Waals surface area contributed by atoms with E-state index >= 15 is 0 Å². The van der Waals surface area contributed by atoms with E-state index in [1.807, 2.05) is 17.0 Å². The average molecular weight is 380 g/mol. The summed E-state index contributed by atoms with van der Waals surface area (Å²) < 4.78 is 10.6. The Hall–Kier alpha value is -3.02. The first-order valence-corrected chi connectivity index (χ1v) is 9.67. The number of rotatable bonds is 3. The number of carbonyl (C=O) groups is 2. The van der Waals surface area contributed by atoms with E-state index in [-0.39, 0.29) is 30.7 Å². The number of carbonyl (C=O) groups excluding carboxylic acids is 2. The number of hydrogen-bond donors (Lipinski definition) is 1. The molecule has 0 saturated carbocycles. The maximum atomic E-state index is 13.3. The average Bonchev–Trinajstić information content (AvgIpc) is 3.16. The third-order valence-corrected chi connectivity index (χ3v) is 5.47. The lowest BCUT2D eigenvalue weighted by molar-refractivity contribution is 0.0512. The summed E-state index contributed by atoms with van der Waals surface area (Å²) >= 11 is 0. The molecule has 2 aromatic carbocycles. The van der Waals surface area contributed by atoms with Gasteiger partial charge in [0, 0.05) is 17.6 Å². The van der Waals surface area contributed by atoms with E-state index in [1.165, 1.54) is 0 Å². The largest absolute Gasteiger partial charge is 0.454 e. The Morgan fingerprint density at radius 1 is 1.00 bits per heavy atom. The highest BCUT2D eigenvalue weighted by Gasteiger charge is 2.31. The smallest absolute Gasteiger partial charge is 0.256 e. The van der Waals surface area contributed by atoms with Crippen molar-refractivity contribution in [2.45, 2.75) is 45.2 Å². The number of likely N-dealkylation sites (tertiary alicyclic amines) is 1. The minimum Gasteiger partial charge on any atom is -0.454 e. The van der Waals surface area contributed by atoms with Gasteiger partial charge in [-0.1, -0.05) is 12.1 Å². The van der Waals surface area contributed by atoms with Crippen molar-refractivity contribution in [2.24, 2.45) is 0 Å². The molecule has 2 atom stereocenters. The number of benzene rings is 2. The summed E-state index contributed by atoms with van der Waals surface area (Å²) in [6.45, 7) is 4.33. The van der Waals surface area contributed by atoms with Crippen molar-refractivity contribution >= 4 is 17.5 Å². The maximum Gasteiger partial charge on any atom is 0.256 e. The Morgan fingerprint density at radius 2 is 1.71 bits per heavy atom. The van der Waals surface area contributed by atoms with Crippen molar-refractivity contribution < 1.29 is 19.1 Å². The predicted octanol–water partition coefficient (Wildman–Crippen LogP) is 4.07. The lowest BCUT2D eigenvalue weighted by atomic mass is 9.96. The van der Waals surface area contributed by atoms with Gasteiger partial charge in [0.15, 0.2) is 11.5 Å². The molecule has 0 unspecified atom stereocenters. The normalized spacial score (nSPS) is 20.7. The van der Waals surface area contributed by atoms with Crippen LogP contribution < -0.4 is 14.8 Å². The van der Waals surface area contributed by atoms with Crippen LogP contribution in [0.15, 0.2) is 42.5 Å². The molecule has 2 amide bonds. The topological polar surface area (TPSA) is 67.9 Å². The van der Waals surface area contributed by atoms with Crippen molar-refractivity contribution in [2.75, 3.05) is 12.1 Å². The van der Waals surface area contributed by atoms with Crippen LogP contribution in [0.25, 0.3) is 0 Å². The monoisotopic (exact) mass is 380 g/mol. The molecular weight excluding hydrogens is 356 g/mol. The zero-order chi connectivity index (χ0) is 19.7. The van der Waals surface area contributed by atoms with Crippen molar-refractivity contribution in [3.8, 4) is 11.5 Å². The second-order valence-corrected chi connectivity index (χ2v) is 7.41. The number of ether oxygens (including phenoxy) is 2. The van der Waals surface area contributed by atoms with Crippen LogP contribution >= 0.6 is 0 Å². The molecule has 1 N–H and O–H groups in total. The molecule has 1 saturated heterocycles. The van der Waals surface area contributed by atoms with Crippen LogP contribution in [0.3, 0.4) is 0 Å². The molecule has 28 heavy (non-hydrogen) atoms. The number of nitrogens with one attached hydrogen (secondary N) is 1. The van der Waals surface area contributed by atoms with Crippen LogP contribution in [0.1, 0.15) is 53.8 Å². The second-order valence-electron chi connectivity index (χ2n) is 7.41. The molecule has 0 aliphatic carbocycles. The molecule has 146 valence electrons. The van der Waals surface area contributed by atoms with E-state index in [0.717, 1.165) is 19.3 Å². The van der Waals surface area contributed by atoms with Gasteiger partial charge in [0.2, 0.25) is 6.79 Å². The van der Waals surface area contributed by atoms with Gasteiger partial charge >= 0.3 is 0 Å². The number of piperidine rings is 1. The van der Waals surface area contributed by atoms with Gasteiger partial charge in [-0.2, -0.15) is 0 Å². The van der Waals surface area contributed by atoms with E-state index in [4.69, 9.17) is 9.47 Å². The fraction of sp³-hybridized carbons (Fsp3) is 0.364. The Balaban J connectivity index is 1.57. The fourth-order valence-corrected chi connectivity index (χ4v) is 3.97. The van der Waals surface area contributed by atoms with Crippen LogP contribution in [0.2, 0.25) is 0 Å². The number of amides is 2. The van der Waals surface area contributed by atoms with Crippen LogP contribution in [-0.2, 0) is 0 Å². The Kier molecular flexibility index (Phi) is 4.94.